The van der Waals surface area contributed by atoms with E-state index < -0.39 is 0 Å². The fraction of sp³-hybridized carbons (Fsp3) is 0.474. The maximum atomic E-state index is 12.4. The zero-order valence-electron chi connectivity index (χ0n) is 15.5. The Morgan fingerprint density at radius 1 is 1.08 bits per heavy atom. The summed E-state index contributed by atoms with van der Waals surface area (Å²) >= 11 is 0. The molecule has 1 amide bonds. The van der Waals surface area contributed by atoms with Gasteiger partial charge in [-0.25, -0.2) is 0 Å². The lowest BCUT2D eigenvalue weighted by atomic mass is 10.1. The summed E-state index contributed by atoms with van der Waals surface area (Å²) in [7, 11) is 5.19. The number of aryl methyl sites for hydroxylation is 1. The van der Waals surface area contributed by atoms with Crippen molar-refractivity contribution in [3.8, 4) is 11.5 Å². The number of nitrogens with zero attached hydrogens (tertiary/aromatic N) is 2. The van der Waals surface area contributed by atoms with E-state index in [-0.39, 0.29) is 11.5 Å². The number of rotatable bonds is 5. The van der Waals surface area contributed by atoms with Crippen LogP contribution in [0.1, 0.15) is 12.0 Å². The van der Waals surface area contributed by atoms with Crippen molar-refractivity contribution < 1.29 is 14.3 Å². The highest BCUT2D eigenvalue weighted by molar-refractivity contribution is 5.83. The number of likely N-dealkylation sites (N-methyl/N-ethyl adjacent to an activating group) is 1. The quantitative estimate of drug-likeness (QED) is 0.870. The van der Waals surface area contributed by atoms with Gasteiger partial charge in [0.1, 0.15) is 0 Å². The maximum Gasteiger partial charge on any atom is 0.251 e. The van der Waals surface area contributed by atoms with E-state index in [0.29, 0.717) is 35.4 Å². The minimum Gasteiger partial charge on any atom is -0.493 e. The number of H-pyrrole nitrogens is 1. The smallest absolute Gasteiger partial charge is 0.251 e. The zero-order valence-corrected chi connectivity index (χ0v) is 15.5. The molecule has 1 aromatic carbocycles. The van der Waals surface area contributed by atoms with E-state index in [4.69, 9.17) is 9.47 Å². The molecule has 0 unspecified atom stereocenters. The number of methoxy groups -OCH3 is 2. The first kappa shape index (κ1) is 18.3. The van der Waals surface area contributed by atoms with Crippen molar-refractivity contribution in [1.82, 2.24) is 14.8 Å². The molecule has 1 N–H and O–H groups in total. The van der Waals surface area contributed by atoms with E-state index in [1.54, 1.807) is 20.3 Å². The third-order valence-corrected chi connectivity index (χ3v) is 4.89. The molecule has 0 spiro atoms. The number of carbonyl (C=O) groups is 1. The average molecular weight is 359 g/mol. The van der Waals surface area contributed by atoms with Crippen molar-refractivity contribution in [1.29, 1.82) is 0 Å². The number of aromatic amines is 1. The van der Waals surface area contributed by atoms with E-state index in [9.17, 15) is 9.59 Å². The zero-order chi connectivity index (χ0) is 18.7. The highest BCUT2D eigenvalue weighted by Gasteiger charge is 2.19. The second-order valence-corrected chi connectivity index (χ2v) is 6.60. The largest absolute Gasteiger partial charge is 0.493 e. The second kappa shape index (κ2) is 7.78. The summed E-state index contributed by atoms with van der Waals surface area (Å²) in [6.45, 7) is 3.29. The van der Waals surface area contributed by atoms with Crippen molar-refractivity contribution in [2.75, 3.05) is 47.4 Å². The van der Waals surface area contributed by atoms with Gasteiger partial charge in [0.15, 0.2) is 11.5 Å². The summed E-state index contributed by atoms with van der Waals surface area (Å²) in [6, 6.07) is 5.40. The fourth-order valence-electron chi connectivity index (χ4n) is 3.22. The molecule has 1 fully saturated rings. The van der Waals surface area contributed by atoms with Gasteiger partial charge in [0, 0.05) is 49.6 Å². The number of nitrogens with one attached hydrogen (secondary N) is 1. The fourth-order valence-corrected chi connectivity index (χ4v) is 3.22. The van der Waals surface area contributed by atoms with Crippen LogP contribution in [0, 0.1) is 0 Å². The Morgan fingerprint density at radius 2 is 1.73 bits per heavy atom. The van der Waals surface area contributed by atoms with Gasteiger partial charge in [-0.2, -0.15) is 0 Å². The van der Waals surface area contributed by atoms with Crippen LogP contribution in [-0.4, -0.2) is 68.1 Å². The van der Waals surface area contributed by atoms with E-state index in [0.717, 1.165) is 31.6 Å². The standard InChI is InChI=1S/C19H25N3O4/c1-21-6-8-22(9-7-21)18(23)5-4-13-10-14-11-16(25-2)17(26-3)12-15(14)20-19(13)24/h10-12H,4-9H2,1-3H3,(H,20,24). The third kappa shape index (κ3) is 3.83. The Kier molecular flexibility index (Phi) is 5.46. The molecular formula is C19H25N3O4. The number of hydrogen-bond donors (Lipinski definition) is 1. The lowest BCUT2D eigenvalue weighted by Crippen LogP contribution is -2.47. The molecule has 3 rings (SSSR count). The van der Waals surface area contributed by atoms with Gasteiger partial charge in [0.25, 0.3) is 5.56 Å². The molecule has 2 heterocycles. The van der Waals surface area contributed by atoms with Crippen LogP contribution < -0.4 is 15.0 Å². The number of hydrogen-bond acceptors (Lipinski definition) is 5. The molecule has 140 valence electrons. The van der Waals surface area contributed by atoms with Gasteiger partial charge < -0.3 is 24.3 Å². The normalized spacial score (nSPS) is 15.3. The molecule has 0 aliphatic carbocycles. The summed E-state index contributed by atoms with van der Waals surface area (Å²) in [5, 5.41) is 0.851. The summed E-state index contributed by atoms with van der Waals surface area (Å²) in [5.41, 5.74) is 1.12. The Hall–Kier alpha value is -2.54. The Morgan fingerprint density at radius 3 is 2.38 bits per heavy atom. The monoisotopic (exact) mass is 359 g/mol. The predicted octanol–water partition coefficient (Wildman–Crippen LogP) is 1.25. The van der Waals surface area contributed by atoms with Gasteiger partial charge in [0.05, 0.1) is 19.7 Å². The van der Waals surface area contributed by atoms with Gasteiger partial charge in [-0.1, -0.05) is 0 Å². The first-order valence-corrected chi connectivity index (χ1v) is 8.76. The van der Waals surface area contributed by atoms with Crippen molar-refractivity contribution in [3.05, 3.63) is 34.1 Å². The highest BCUT2D eigenvalue weighted by Crippen LogP contribution is 2.31. The molecule has 0 radical (unpaired) electrons. The highest BCUT2D eigenvalue weighted by atomic mass is 16.5. The van der Waals surface area contributed by atoms with Crippen LogP contribution in [0.2, 0.25) is 0 Å². The number of ether oxygens (including phenoxy) is 2. The van der Waals surface area contributed by atoms with Crippen molar-refractivity contribution in [3.63, 3.8) is 0 Å². The summed E-state index contributed by atoms with van der Waals surface area (Å²) < 4.78 is 10.6. The second-order valence-electron chi connectivity index (χ2n) is 6.60. The van der Waals surface area contributed by atoms with Gasteiger partial charge in [-0.15, -0.1) is 0 Å². The van der Waals surface area contributed by atoms with Crippen LogP contribution in [0.5, 0.6) is 11.5 Å². The number of fused-ring (bicyclic) bond motifs is 1. The van der Waals surface area contributed by atoms with E-state index in [1.165, 1.54) is 0 Å². The SMILES string of the molecule is COc1cc2cc(CCC(=O)N3CCN(C)CC3)c(=O)[nH]c2cc1OC. The van der Waals surface area contributed by atoms with Crippen LogP contribution in [0.4, 0.5) is 0 Å². The average Bonchev–Trinajstić information content (AvgIpc) is 2.65. The number of piperazine rings is 1. The van der Waals surface area contributed by atoms with Gasteiger partial charge in [-0.3, -0.25) is 9.59 Å². The third-order valence-electron chi connectivity index (χ3n) is 4.89. The van der Waals surface area contributed by atoms with E-state index in [1.807, 2.05) is 17.0 Å². The summed E-state index contributed by atoms with van der Waals surface area (Å²) in [6.07, 6.45) is 0.760. The van der Waals surface area contributed by atoms with Crippen LogP contribution in [-0.2, 0) is 11.2 Å². The molecule has 7 heteroatoms. The predicted molar refractivity (Wildman–Crippen MR) is 100 cm³/mol. The first-order chi connectivity index (χ1) is 12.5. The van der Waals surface area contributed by atoms with Gasteiger partial charge >= 0.3 is 0 Å². The number of benzene rings is 1. The summed E-state index contributed by atoms with van der Waals surface area (Å²) in [4.78, 5) is 31.7. The van der Waals surface area contributed by atoms with Crippen LogP contribution in [0.3, 0.4) is 0 Å². The molecule has 1 aromatic heterocycles. The van der Waals surface area contributed by atoms with Crippen molar-refractivity contribution in [2.45, 2.75) is 12.8 Å². The Bertz CT molecular complexity index is 854. The number of aromatic nitrogens is 1. The lowest BCUT2D eigenvalue weighted by molar-refractivity contribution is -0.132. The van der Waals surface area contributed by atoms with Crippen LogP contribution in [0.15, 0.2) is 23.0 Å². The number of pyridine rings is 1. The molecule has 0 bridgehead atoms. The molecule has 7 nitrogen and oxygen atoms in total. The molecule has 1 saturated heterocycles. The van der Waals surface area contributed by atoms with E-state index in [2.05, 4.69) is 16.9 Å². The minimum absolute atomic E-state index is 0.102. The van der Waals surface area contributed by atoms with Crippen LogP contribution >= 0.6 is 0 Å². The van der Waals surface area contributed by atoms with E-state index >= 15 is 0 Å². The van der Waals surface area contributed by atoms with Crippen molar-refractivity contribution >= 4 is 16.8 Å². The van der Waals surface area contributed by atoms with Gasteiger partial charge in [-0.05, 0) is 25.6 Å². The molecular weight excluding hydrogens is 334 g/mol. The summed E-state index contributed by atoms with van der Waals surface area (Å²) in [5.74, 6) is 1.27. The topological polar surface area (TPSA) is 74.9 Å². The molecule has 0 saturated carbocycles. The molecule has 1 aliphatic heterocycles. The van der Waals surface area contributed by atoms with Gasteiger partial charge in [0.2, 0.25) is 5.91 Å². The maximum absolute atomic E-state index is 12.4. The molecule has 1 aliphatic rings. The number of amides is 1. The molecule has 26 heavy (non-hydrogen) atoms. The Balaban J connectivity index is 1.76. The first-order valence-electron chi connectivity index (χ1n) is 8.76. The minimum atomic E-state index is -0.170. The molecule has 2 aromatic rings. The number of carbonyl (C=O) groups excluding carboxylic acids is 1. The van der Waals surface area contributed by atoms with Crippen molar-refractivity contribution in [2.24, 2.45) is 0 Å². The van der Waals surface area contributed by atoms with Crippen LogP contribution in [0.25, 0.3) is 10.9 Å². The lowest BCUT2D eigenvalue weighted by Gasteiger charge is -2.32. The molecule has 0 atom stereocenters. The Labute approximate surface area is 152 Å².